The molecule has 170 valence electrons. The molecule has 0 spiro atoms. The van der Waals surface area contributed by atoms with Crippen molar-refractivity contribution in [1.29, 1.82) is 0 Å². The lowest BCUT2D eigenvalue weighted by Gasteiger charge is -2.44. The van der Waals surface area contributed by atoms with E-state index in [4.69, 9.17) is 15.6 Å². The average molecular weight is 433 g/mol. The van der Waals surface area contributed by atoms with Crippen LogP contribution in [0, 0.1) is 18.3 Å². The summed E-state index contributed by atoms with van der Waals surface area (Å²) in [6, 6.07) is 0. The highest BCUT2D eigenvalue weighted by molar-refractivity contribution is 6.77. The SMILES string of the molecule is C#C[C@@H](O[Si](C(C)C)(C(C)C)C(C)C)[C@H](C)/C=C(C)/C=C(C)/C=C(\C)C(=O)OCC. The molecule has 0 bridgehead atoms. The fourth-order valence-corrected chi connectivity index (χ4v) is 10.1. The highest BCUT2D eigenvalue weighted by Gasteiger charge is 2.46. The van der Waals surface area contributed by atoms with Gasteiger partial charge in [0, 0.05) is 11.5 Å². The van der Waals surface area contributed by atoms with E-state index < -0.39 is 8.32 Å². The maximum Gasteiger partial charge on any atom is 0.333 e. The van der Waals surface area contributed by atoms with Crippen molar-refractivity contribution in [2.45, 2.75) is 98.9 Å². The van der Waals surface area contributed by atoms with Crippen molar-refractivity contribution in [3.05, 3.63) is 34.9 Å². The first-order valence-corrected chi connectivity index (χ1v) is 13.3. The minimum atomic E-state index is -2.05. The highest BCUT2D eigenvalue weighted by Crippen LogP contribution is 2.43. The number of carbonyl (C=O) groups is 1. The molecule has 0 aliphatic rings. The zero-order chi connectivity index (χ0) is 23.6. The van der Waals surface area contributed by atoms with Crippen LogP contribution in [0.5, 0.6) is 0 Å². The van der Waals surface area contributed by atoms with E-state index in [0.29, 0.717) is 28.8 Å². The normalized spacial score (nSPS) is 16.1. The zero-order valence-electron chi connectivity index (χ0n) is 21.1. The summed E-state index contributed by atoms with van der Waals surface area (Å²) in [5.41, 5.74) is 4.16. The van der Waals surface area contributed by atoms with E-state index in [0.717, 1.165) is 11.1 Å². The Morgan fingerprint density at radius 3 is 1.83 bits per heavy atom. The summed E-state index contributed by atoms with van der Waals surface area (Å²) in [7, 11) is -2.05. The van der Waals surface area contributed by atoms with Crippen molar-refractivity contribution in [1.82, 2.24) is 0 Å². The molecular formula is C26H44O3Si. The van der Waals surface area contributed by atoms with E-state index >= 15 is 0 Å². The second-order valence-corrected chi connectivity index (χ2v) is 14.6. The molecular weight excluding hydrogens is 388 g/mol. The van der Waals surface area contributed by atoms with Crippen LogP contribution in [0.2, 0.25) is 16.6 Å². The van der Waals surface area contributed by atoms with Gasteiger partial charge in [0.15, 0.2) is 0 Å². The largest absolute Gasteiger partial charge is 0.463 e. The number of hydrogen-bond donors (Lipinski definition) is 0. The predicted octanol–water partition coefficient (Wildman–Crippen LogP) is 7.22. The number of ether oxygens (including phenoxy) is 1. The van der Waals surface area contributed by atoms with Crippen molar-refractivity contribution in [3.8, 4) is 12.3 Å². The van der Waals surface area contributed by atoms with Crippen LogP contribution >= 0.6 is 0 Å². The molecule has 4 heteroatoms. The van der Waals surface area contributed by atoms with Crippen molar-refractivity contribution in [3.63, 3.8) is 0 Å². The Morgan fingerprint density at radius 1 is 0.933 bits per heavy atom. The van der Waals surface area contributed by atoms with Crippen LogP contribution < -0.4 is 0 Å². The van der Waals surface area contributed by atoms with Crippen molar-refractivity contribution >= 4 is 14.3 Å². The zero-order valence-corrected chi connectivity index (χ0v) is 22.1. The summed E-state index contributed by atoms with van der Waals surface area (Å²) >= 11 is 0. The highest BCUT2D eigenvalue weighted by atomic mass is 28.4. The number of terminal acetylenes is 1. The molecule has 0 amide bonds. The van der Waals surface area contributed by atoms with Crippen LogP contribution in [0.4, 0.5) is 0 Å². The van der Waals surface area contributed by atoms with Gasteiger partial charge in [0.25, 0.3) is 0 Å². The Morgan fingerprint density at radius 2 is 1.43 bits per heavy atom. The van der Waals surface area contributed by atoms with Crippen LogP contribution in [-0.4, -0.2) is 27.0 Å². The lowest BCUT2D eigenvalue weighted by atomic mass is 10.0. The summed E-state index contributed by atoms with van der Waals surface area (Å²) in [5, 5.41) is 0. The molecule has 3 nitrogen and oxygen atoms in total. The van der Waals surface area contributed by atoms with Crippen LogP contribution in [-0.2, 0) is 14.0 Å². The second kappa shape index (κ2) is 13.0. The fraction of sp³-hybridized carbons (Fsp3) is 0.654. The minimum Gasteiger partial charge on any atom is -0.463 e. The third-order valence-electron chi connectivity index (χ3n) is 5.70. The van der Waals surface area contributed by atoms with Gasteiger partial charge in [0.2, 0.25) is 8.32 Å². The lowest BCUT2D eigenvalue weighted by molar-refractivity contribution is -0.138. The Hall–Kier alpha value is -1.57. The fourth-order valence-electron chi connectivity index (χ4n) is 4.52. The molecule has 0 aliphatic carbocycles. The van der Waals surface area contributed by atoms with E-state index in [1.165, 1.54) is 0 Å². The molecule has 0 saturated heterocycles. The summed E-state index contributed by atoms with van der Waals surface area (Å²) in [4.78, 5) is 11.8. The van der Waals surface area contributed by atoms with Gasteiger partial charge in [-0.3, -0.25) is 0 Å². The van der Waals surface area contributed by atoms with Gasteiger partial charge in [-0.25, -0.2) is 4.79 Å². The van der Waals surface area contributed by atoms with Crippen LogP contribution in [0.25, 0.3) is 0 Å². The molecule has 0 fully saturated rings. The Kier molecular flexibility index (Phi) is 12.3. The maximum atomic E-state index is 11.8. The van der Waals surface area contributed by atoms with Gasteiger partial charge in [-0.2, -0.15) is 0 Å². The van der Waals surface area contributed by atoms with Crippen molar-refractivity contribution in [2.24, 2.45) is 5.92 Å². The number of carbonyl (C=O) groups excluding carboxylic acids is 1. The molecule has 0 aromatic rings. The predicted molar refractivity (Wildman–Crippen MR) is 132 cm³/mol. The average Bonchev–Trinajstić information content (AvgIpc) is 2.61. The van der Waals surface area contributed by atoms with Crippen LogP contribution in [0.3, 0.4) is 0 Å². The first-order valence-electron chi connectivity index (χ1n) is 11.2. The molecule has 0 rings (SSSR count). The minimum absolute atomic E-state index is 0.0947. The van der Waals surface area contributed by atoms with Gasteiger partial charge < -0.3 is 9.16 Å². The molecule has 0 radical (unpaired) electrons. The third kappa shape index (κ3) is 7.93. The van der Waals surface area contributed by atoms with E-state index in [-0.39, 0.29) is 18.0 Å². The second-order valence-electron chi connectivity index (χ2n) is 9.23. The first kappa shape index (κ1) is 28.4. The summed E-state index contributed by atoms with van der Waals surface area (Å²) in [6.45, 7) is 23.8. The summed E-state index contributed by atoms with van der Waals surface area (Å²) in [6.07, 6.45) is 11.8. The van der Waals surface area contributed by atoms with Gasteiger partial charge in [-0.05, 0) is 50.4 Å². The Balaban J connectivity index is 5.63. The third-order valence-corrected chi connectivity index (χ3v) is 11.8. The molecule has 0 N–H and O–H groups in total. The summed E-state index contributed by atoms with van der Waals surface area (Å²) in [5.74, 6) is 2.73. The molecule has 0 aliphatic heterocycles. The van der Waals surface area contributed by atoms with Gasteiger partial charge >= 0.3 is 5.97 Å². The molecule has 30 heavy (non-hydrogen) atoms. The first-order chi connectivity index (χ1) is 13.8. The molecule has 0 saturated carbocycles. The van der Waals surface area contributed by atoms with E-state index in [1.807, 2.05) is 19.9 Å². The quantitative estimate of drug-likeness (QED) is 0.114. The van der Waals surface area contributed by atoms with Crippen molar-refractivity contribution < 1.29 is 14.0 Å². The number of rotatable bonds is 11. The van der Waals surface area contributed by atoms with E-state index in [9.17, 15) is 4.79 Å². The number of hydrogen-bond acceptors (Lipinski definition) is 3. The molecule has 2 atom stereocenters. The molecule has 0 unspecified atom stereocenters. The monoisotopic (exact) mass is 432 g/mol. The van der Waals surface area contributed by atoms with Crippen molar-refractivity contribution in [2.75, 3.05) is 6.61 Å². The van der Waals surface area contributed by atoms with E-state index in [2.05, 4.69) is 73.5 Å². The van der Waals surface area contributed by atoms with Crippen LogP contribution in [0.1, 0.15) is 76.2 Å². The summed E-state index contributed by atoms with van der Waals surface area (Å²) < 4.78 is 11.9. The lowest BCUT2D eigenvalue weighted by Crippen LogP contribution is -2.50. The number of esters is 1. The smallest absolute Gasteiger partial charge is 0.333 e. The Labute approximate surface area is 187 Å². The molecule has 0 heterocycles. The molecule has 0 aromatic heterocycles. The van der Waals surface area contributed by atoms with E-state index in [1.54, 1.807) is 6.92 Å². The maximum absolute atomic E-state index is 11.8. The number of allylic oxidation sites excluding steroid dienone is 4. The standard InChI is InChI=1S/C26H44O3Si/c1-13-25(29-30(18(3)4,19(5)6)20(7)8)23(11)16-21(9)15-22(10)17-24(12)26(27)28-14-2/h1,15-20,23,25H,14H2,2-12H3/b21-16+,22-15+,24-17+/t23-,25-/m1/s1. The van der Waals surface area contributed by atoms with Gasteiger partial charge in [0.05, 0.1) is 6.61 Å². The van der Waals surface area contributed by atoms with Gasteiger partial charge in [-0.1, -0.05) is 77.7 Å². The van der Waals surface area contributed by atoms with Gasteiger partial charge in [-0.15, -0.1) is 6.42 Å². The molecule has 0 aromatic carbocycles. The topological polar surface area (TPSA) is 35.5 Å². The van der Waals surface area contributed by atoms with Gasteiger partial charge in [0.1, 0.15) is 6.10 Å². The Bertz CT molecular complexity index is 668. The van der Waals surface area contributed by atoms with Crippen LogP contribution in [0.15, 0.2) is 34.9 Å².